The first-order valence-electron chi connectivity index (χ1n) is 5.86. The van der Waals surface area contributed by atoms with Crippen molar-refractivity contribution in [1.29, 1.82) is 0 Å². The average molecular weight is 248 g/mol. The molecular weight excluding hydrogens is 231 g/mol. The number of nitrogens with zero attached hydrogens (tertiary/aromatic N) is 1. The Labute approximate surface area is 106 Å². The second-order valence-electron chi connectivity index (χ2n) is 4.45. The number of halogens is 1. The lowest BCUT2D eigenvalue weighted by Gasteiger charge is -2.24. The van der Waals surface area contributed by atoms with E-state index in [9.17, 15) is 4.39 Å². The molecule has 0 aliphatic carbocycles. The van der Waals surface area contributed by atoms with Crippen molar-refractivity contribution in [2.24, 2.45) is 5.73 Å². The van der Waals surface area contributed by atoms with Crippen molar-refractivity contribution in [3.05, 3.63) is 53.7 Å². The van der Waals surface area contributed by atoms with E-state index >= 15 is 0 Å². The Balaban J connectivity index is 2.31. The van der Waals surface area contributed by atoms with Gasteiger partial charge in [-0.25, -0.2) is 4.39 Å². The fraction of sp³-hybridized carbons (Fsp3) is 0.286. The van der Waals surface area contributed by atoms with Crippen molar-refractivity contribution >= 4 is 5.69 Å². The molecular formula is C14H17FN2O. The third-order valence-corrected chi connectivity index (χ3v) is 2.89. The molecule has 0 aliphatic rings. The smallest absolute Gasteiger partial charge is 0.146 e. The van der Waals surface area contributed by atoms with Gasteiger partial charge in [-0.3, -0.25) is 0 Å². The number of nitrogens with two attached hydrogens (primary N) is 1. The van der Waals surface area contributed by atoms with Crippen LogP contribution in [0.5, 0.6) is 0 Å². The van der Waals surface area contributed by atoms with Crippen LogP contribution in [-0.4, -0.2) is 7.05 Å². The van der Waals surface area contributed by atoms with Crippen molar-refractivity contribution in [3.8, 4) is 0 Å². The summed E-state index contributed by atoms with van der Waals surface area (Å²) in [7, 11) is 1.84. The van der Waals surface area contributed by atoms with Gasteiger partial charge in [0, 0.05) is 25.2 Å². The van der Waals surface area contributed by atoms with Gasteiger partial charge in [0.15, 0.2) is 0 Å². The Morgan fingerprint density at radius 2 is 2.17 bits per heavy atom. The first kappa shape index (κ1) is 12.6. The second kappa shape index (κ2) is 5.23. The number of benzene rings is 1. The summed E-state index contributed by atoms with van der Waals surface area (Å²) < 4.78 is 19.0. The highest BCUT2D eigenvalue weighted by Gasteiger charge is 2.15. The maximum atomic E-state index is 14.0. The molecule has 96 valence electrons. The first-order chi connectivity index (χ1) is 8.59. The lowest BCUT2D eigenvalue weighted by Crippen LogP contribution is -2.21. The quantitative estimate of drug-likeness (QED) is 0.904. The van der Waals surface area contributed by atoms with E-state index in [0.717, 1.165) is 11.1 Å². The van der Waals surface area contributed by atoms with Crippen LogP contribution in [0.3, 0.4) is 0 Å². The van der Waals surface area contributed by atoms with E-state index in [0.29, 0.717) is 12.2 Å². The van der Waals surface area contributed by atoms with Gasteiger partial charge in [0.05, 0.1) is 18.2 Å². The van der Waals surface area contributed by atoms with Crippen LogP contribution >= 0.6 is 0 Å². The fourth-order valence-electron chi connectivity index (χ4n) is 2.04. The molecule has 4 heteroatoms. The molecule has 2 rings (SSSR count). The van der Waals surface area contributed by atoms with Gasteiger partial charge in [-0.05, 0) is 24.6 Å². The van der Waals surface area contributed by atoms with Gasteiger partial charge in [-0.1, -0.05) is 12.1 Å². The monoisotopic (exact) mass is 248 g/mol. The van der Waals surface area contributed by atoms with E-state index < -0.39 is 0 Å². The lowest BCUT2D eigenvalue weighted by atomic mass is 10.1. The Bertz CT molecular complexity index is 509. The summed E-state index contributed by atoms with van der Waals surface area (Å²) in [6.07, 6.45) is 3.26. The molecule has 1 atom stereocenters. The Kier molecular flexibility index (Phi) is 3.67. The molecule has 0 bridgehead atoms. The molecule has 0 saturated carbocycles. The molecule has 2 aromatic rings. The summed E-state index contributed by atoms with van der Waals surface area (Å²) in [5, 5.41) is 0. The predicted molar refractivity (Wildman–Crippen MR) is 69.8 cm³/mol. The number of rotatable bonds is 4. The molecule has 0 saturated heterocycles. The van der Waals surface area contributed by atoms with Crippen LogP contribution in [-0.2, 0) is 6.54 Å². The van der Waals surface area contributed by atoms with E-state index in [4.69, 9.17) is 10.2 Å². The zero-order valence-corrected chi connectivity index (χ0v) is 10.6. The van der Waals surface area contributed by atoms with Crippen LogP contribution in [0.1, 0.15) is 24.1 Å². The van der Waals surface area contributed by atoms with Gasteiger partial charge in [0.1, 0.15) is 5.82 Å². The van der Waals surface area contributed by atoms with Gasteiger partial charge in [0.2, 0.25) is 0 Å². The largest absolute Gasteiger partial charge is 0.472 e. The number of hydrogen-bond donors (Lipinski definition) is 1. The van der Waals surface area contributed by atoms with E-state index in [-0.39, 0.29) is 11.9 Å². The SMILES string of the molecule is C[C@@H](N)c1cccc(F)c1N(C)Cc1ccoc1. The Hall–Kier alpha value is -1.81. The van der Waals surface area contributed by atoms with Gasteiger partial charge in [0.25, 0.3) is 0 Å². The highest BCUT2D eigenvalue weighted by molar-refractivity contribution is 5.55. The minimum atomic E-state index is -0.254. The lowest BCUT2D eigenvalue weighted by molar-refractivity contribution is 0.563. The fourth-order valence-corrected chi connectivity index (χ4v) is 2.04. The number of anilines is 1. The normalized spacial score (nSPS) is 12.4. The zero-order chi connectivity index (χ0) is 13.1. The zero-order valence-electron chi connectivity index (χ0n) is 10.6. The maximum absolute atomic E-state index is 14.0. The summed E-state index contributed by atoms with van der Waals surface area (Å²) in [6.45, 7) is 2.43. The molecule has 0 fully saturated rings. The van der Waals surface area contributed by atoms with Crippen LogP contribution in [0.25, 0.3) is 0 Å². The van der Waals surface area contributed by atoms with Crippen molar-refractivity contribution in [2.45, 2.75) is 19.5 Å². The molecule has 1 aromatic heterocycles. The van der Waals surface area contributed by atoms with E-state index in [2.05, 4.69) is 0 Å². The summed E-state index contributed by atoms with van der Waals surface area (Å²) in [6, 6.07) is 6.65. The Morgan fingerprint density at radius 1 is 1.39 bits per heavy atom. The average Bonchev–Trinajstić information content (AvgIpc) is 2.81. The van der Waals surface area contributed by atoms with E-state index in [1.165, 1.54) is 6.07 Å². The number of para-hydroxylation sites is 1. The number of hydrogen-bond acceptors (Lipinski definition) is 3. The minimum absolute atomic E-state index is 0.206. The minimum Gasteiger partial charge on any atom is -0.472 e. The molecule has 18 heavy (non-hydrogen) atoms. The molecule has 0 amide bonds. The van der Waals surface area contributed by atoms with Crippen molar-refractivity contribution in [3.63, 3.8) is 0 Å². The van der Waals surface area contributed by atoms with E-state index in [1.54, 1.807) is 18.6 Å². The van der Waals surface area contributed by atoms with Crippen LogP contribution in [0.4, 0.5) is 10.1 Å². The predicted octanol–water partition coefficient (Wildman–Crippen LogP) is 3.07. The third-order valence-electron chi connectivity index (χ3n) is 2.89. The highest BCUT2D eigenvalue weighted by atomic mass is 19.1. The van der Waals surface area contributed by atoms with Gasteiger partial charge >= 0.3 is 0 Å². The highest BCUT2D eigenvalue weighted by Crippen LogP contribution is 2.28. The third kappa shape index (κ3) is 2.54. The summed E-state index contributed by atoms with van der Waals surface area (Å²) in [4.78, 5) is 1.85. The molecule has 0 radical (unpaired) electrons. The summed E-state index contributed by atoms with van der Waals surface area (Å²) in [5.41, 5.74) is 8.24. The summed E-state index contributed by atoms with van der Waals surface area (Å²) >= 11 is 0. The molecule has 2 N–H and O–H groups in total. The van der Waals surface area contributed by atoms with Crippen LogP contribution in [0.2, 0.25) is 0 Å². The van der Waals surface area contributed by atoms with Crippen molar-refractivity contribution < 1.29 is 8.81 Å². The molecule has 1 heterocycles. The van der Waals surface area contributed by atoms with Gasteiger partial charge in [-0.2, -0.15) is 0 Å². The molecule has 1 aromatic carbocycles. The first-order valence-corrected chi connectivity index (χ1v) is 5.86. The maximum Gasteiger partial charge on any atom is 0.146 e. The molecule has 0 unspecified atom stereocenters. The van der Waals surface area contributed by atoms with Gasteiger partial charge < -0.3 is 15.1 Å². The topological polar surface area (TPSA) is 42.4 Å². The van der Waals surface area contributed by atoms with Gasteiger partial charge in [-0.15, -0.1) is 0 Å². The second-order valence-corrected chi connectivity index (χ2v) is 4.45. The van der Waals surface area contributed by atoms with Crippen LogP contribution in [0.15, 0.2) is 41.2 Å². The number of furan rings is 1. The van der Waals surface area contributed by atoms with Crippen molar-refractivity contribution in [1.82, 2.24) is 0 Å². The standard InChI is InChI=1S/C14H17FN2O/c1-10(16)12-4-3-5-13(15)14(12)17(2)8-11-6-7-18-9-11/h3-7,9-10H,8,16H2,1-2H3/t10-/m1/s1. The van der Waals surface area contributed by atoms with Crippen molar-refractivity contribution in [2.75, 3.05) is 11.9 Å². The van der Waals surface area contributed by atoms with Crippen LogP contribution in [0, 0.1) is 5.82 Å². The summed E-state index contributed by atoms with van der Waals surface area (Å²) in [5.74, 6) is -0.254. The molecule has 0 aliphatic heterocycles. The van der Waals surface area contributed by atoms with Crippen LogP contribution < -0.4 is 10.6 Å². The molecule has 3 nitrogen and oxygen atoms in total. The van der Waals surface area contributed by atoms with E-state index in [1.807, 2.05) is 31.0 Å². The molecule has 0 spiro atoms. The Morgan fingerprint density at radius 3 is 2.78 bits per heavy atom.